The molecule has 1 unspecified atom stereocenters. The normalized spacial score (nSPS) is 22.3. The van der Waals surface area contributed by atoms with Gasteiger partial charge in [0.2, 0.25) is 5.82 Å². The Labute approximate surface area is 205 Å². The largest absolute Gasteiger partial charge is 0.366 e. The van der Waals surface area contributed by atoms with Gasteiger partial charge in [-0.25, -0.2) is 9.67 Å². The Morgan fingerprint density at radius 2 is 1.94 bits per heavy atom. The molecular formula is C28H31N5O2. The van der Waals surface area contributed by atoms with Gasteiger partial charge in [0, 0.05) is 19.5 Å². The molecule has 0 spiro atoms. The molecule has 1 saturated heterocycles. The molecule has 1 fully saturated rings. The lowest BCUT2D eigenvalue weighted by Crippen LogP contribution is -2.38. The second-order valence-electron chi connectivity index (χ2n) is 9.52. The zero-order chi connectivity index (χ0) is 24.4. The van der Waals surface area contributed by atoms with E-state index < -0.39 is 11.5 Å². The number of carbonyl (C=O) groups excluding carboxylic acids is 1. The van der Waals surface area contributed by atoms with Crippen molar-refractivity contribution in [3.05, 3.63) is 95.6 Å². The van der Waals surface area contributed by atoms with Crippen LogP contribution in [0.4, 0.5) is 0 Å². The van der Waals surface area contributed by atoms with Crippen LogP contribution in [0.5, 0.6) is 0 Å². The van der Waals surface area contributed by atoms with Crippen LogP contribution in [-0.2, 0) is 11.2 Å². The predicted molar refractivity (Wildman–Crippen MR) is 136 cm³/mol. The Morgan fingerprint density at radius 1 is 1.17 bits per heavy atom. The molecule has 7 nitrogen and oxygen atoms in total. The van der Waals surface area contributed by atoms with Crippen LogP contribution in [0.3, 0.4) is 0 Å². The minimum absolute atomic E-state index is 0.0220. The van der Waals surface area contributed by atoms with E-state index in [9.17, 15) is 4.79 Å². The fourth-order valence-corrected chi connectivity index (χ4v) is 4.93. The van der Waals surface area contributed by atoms with Gasteiger partial charge in [-0.1, -0.05) is 60.7 Å². The third kappa shape index (κ3) is 5.11. The van der Waals surface area contributed by atoms with Crippen LogP contribution in [0.2, 0.25) is 0 Å². The number of hydrogen-bond donors (Lipinski definition) is 1. The molecule has 0 saturated carbocycles. The number of benzene rings is 2. The molecule has 2 aliphatic rings. The Bertz CT molecular complexity index is 1260. The highest BCUT2D eigenvalue weighted by atomic mass is 16.5. The zero-order valence-corrected chi connectivity index (χ0v) is 20.2. The SMILES string of the molecule is Cc1nc(C(N)=O)nn1-c1ccc(C[C@@]2(OC3CCN(C)C3)C=CC(c3ccccc3)=CC2)cc1. The molecule has 3 aromatic rings. The van der Waals surface area contributed by atoms with E-state index in [2.05, 4.69) is 76.7 Å². The number of ether oxygens (including phenoxy) is 1. The number of allylic oxidation sites excluding steroid dienone is 2. The first-order chi connectivity index (χ1) is 16.9. The summed E-state index contributed by atoms with van der Waals surface area (Å²) in [5, 5.41) is 4.23. The van der Waals surface area contributed by atoms with Crippen LogP contribution in [0.1, 0.15) is 40.4 Å². The Hall–Kier alpha value is -3.55. The van der Waals surface area contributed by atoms with Gasteiger partial charge in [-0.05, 0) is 55.6 Å². The van der Waals surface area contributed by atoms with Gasteiger partial charge < -0.3 is 15.4 Å². The molecule has 0 bridgehead atoms. The summed E-state index contributed by atoms with van der Waals surface area (Å²) >= 11 is 0. The fourth-order valence-electron chi connectivity index (χ4n) is 4.93. The summed E-state index contributed by atoms with van der Waals surface area (Å²) in [4.78, 5) is 17.9. The number of rotatable bonds is 7. The number of nitrogens with zero attached hydrogens (tertiary/aromatic N) is 4. The second kappa shape index (κ2) is 9.60. The van der Waals surface area contributed by atoms with E-state index in [4.69, 9.17) is 10.5 Å². The highest BCUT2D eigenvalue weighted by molar-refractivity contribution is 5.88. The summed E-state index contributed by atoms with van der Waals surface area (Å²) in [6.45, 7) is 3.82. The highest BCUT2D eigenvalue weighted by Gasteiger charge is 2.35. The average molecular weight is 470 g/mol. The first-order valence-electron chi connectivity index (χ1n) is 12.0. The third-order valence-electron chi connectivity index (χ3n) is 6.76. The van der Waals surface area contributed by atoms with Crippen LogP contribution >= 0.6 is 0 Å². The number of aryl methyl sites for hydroxylation is 1. The van der Waals surface area contributed by atoms with Gasteiger partial charge in [0.25, 0.3) is 5.91 Å². The van der Waals surface area contributed by atoms with Crippen molar-refractivity contribution in [3.8, 4) is 5.69 Å². The molecule has 1 aromatic heterocycles. The minimum atomic E-state index is -0.632. The van der Waals surface area contributed by atoms with E-state index in [1.54, 1.807) is 11.6 Å². The fraction of sp³-hybridized carbons (Fsp3) is 0.321. The van der Waals surface area contributed by atoms with Crippen molar-refractivity contribution >= 4 is 11.5 Å². The maximum Gasteiger partial charge on any atom is 0.288 e. The topological polar surface area (TPSA) is 86.3 Å². The third-order valence-corrected chi connectivity index (χ3v) is 6.76. The van der Waals surface area contributed by atoms with E-state index >= 15 is 0 Å². The zero-order valence-electron chi connectivity index (χ0n) is 20.2. The van der Waals surface area contributed by atoms with Crippen molar-refractivity contribution in [2.45, 2.75) is 37.9 Å². The van der Waals surface area contributed by atoms with Gasteiger partial charge >= 0.3 is 0 Å². The quantitative estimate of drug-likeness (QED) is 0.570. The molecule has 1 aliphatic carbocycles. The summed E-state index contributed by atoms with van der Waals surface area (Å²) in [5.41, 5.74) is 9.41. The number of hydrogen-bond acceptors (Lipinski definition) is 5. The number of carbonyl (C=O) groups is 1. The van der Waals surface area contributed by atoms with E-state index in [0.717, 1.165) is 38.0 Å². The van der Waals surface area contributed by atoms with Crippen molar-refractivity contribution in [2.75, 3.05) is 20.1 Å². The molecule has 2 atom stereocenters. The lowest BCUT2D eigenvalue weighted by molar-refractivity contribution is -0.0558. The van der Waals surface area contributed by atoms with Crippen LogP contribution in [0.25, 0.3) is 11.3 Å². The lowest BCUT2D eigenvalue weighted by Gasteiger charge is -2.35. The van der Waals surface area contributed by atoms with Gasteiger partial charge in [0.05, 0.1) is 17.4 Å². The van der Waals surface area contributed by atoms with E-state index in [1.807, 2.05) is 18.2 Å². The summed E-state index contributed by atoms with van der Waals surface area (Å²) < 4.78 is 8.45. The predicted octanol–water partition coefficient (Wildman–Crippen LogP) is 3.72. The number of aromatic nitrogens is 3. The number of likely N-dealkylation sites (tertiary alicyclic amines) is 1. The van der Waals surface area contributed by atoms with Crippen molar-refractivity contribution in [3.63, 3.8) is 0 Å². The summed E-state index contributed by atoms with van der Waals surface area (Å²) in [6, 6.07) is 18.7. The van der Waals surface area contributed by atoms with E-state index in [0.29, 0.717) is 5.82 Å². The van der Waals surface area contributed by atoms with Gasteiger partial charge in [-0.15, -0.1) is 5.10 Å². The van der Waals surface area contributed by atoms with Gasteiger partial charge in [0.15, 0.2) is 0 Å². The highest BCUT2D eigenvalue weighted by Crippen LogP contribution is 2.35. The van der Waals surface area contributed by atoms with Crippen molar-refractivity contribution < 1.29 is 9.53 Å². The summed E-state index contributed by atoms with van der Waals surface area (Å²) in [5.74, 6) is 0.00596. The Morgan fingerprint density at radius 3 is 2.54 bits per heavy atom. The van der Waals surface area contributed by atoms with Crippen LogP contribution in [-0.4, -0.2) is 57.4 Å². The first kappa shape index (κ1) is 23.2. The van der Waals surface area contributed by atoms with Crippen molar-refractivity contribution in [2.24, 2.45) is 5.73 Å². The number of primary amides is 1. The lowest BCUT2D eigenvalue weighted by atomic mass is 9.84. The Kier molecular flexibility index (Phi) is 6.36. The molecule has 35 heavy (non-hydrogen) atoms. The molecular weight excluding hydrogens is 438 g/mol. The monoisotopic (exact) mass is 469 g/mol. The molecule has 5 rings (SSSR count). The number of amides is 1. The average Bonchev–Trinajstić information content (AvgIpc) is 3.45. The molecule has 2 aromatic carbocycles. The molecule has 7 heteroatoms. The summed E-state index contributed by atoms with van der Waals surface area (Å²) in [7, 11) is 2.15. The van der Waals surface area contributed by atoms with Crippen LogP contribution in [0.15, 0.2) is 72.8 Å². The Balaban J connectivity index is 1.38. The van der Waals surface area contributed by atoms with Gasteiger partial charge in [-0.2, -0.15) is 0 Å². The summed E-state index contributed by atoms with van der Waals surface area (Å²) in [6.07, 6.45) is 9.62. The minimum Gasteiger partial charge on any atom is -0.366 e. The van der Waals surface area contributed by atoms with Gasteiger partial charge in [0.1, 0.15) is 5.82 Å². The molecule has 2 N–H and O–H groups in total. The van der Waals surface area contributed by atoms with Crippen molar-refractivity contribution in [1.29, 1.82) is 0 Å². The first-order valence-corrected chi connectivity index (χ1v) is 12.0. The second-order valence-corrected chi connectivity index (χ2v) is 9.52. The van der Waals surface area contributed by atoms with E-state index in [1.165, 1.54) is 16.7 Å². The maximum absolute atomic E-state index is 11.4. The van der Waals surface area contributed by atoms with Crippen LogP contribution in [0, 0.1) is 6.92 Å². The van der Waals surface area contributed by atoms with Crippen molar-refractivity contribution in [1.82, 2.24) is 19.7 Å². The molecule has 2 heterocycles. The number of likely N-dealkylation sites (N-methyl/N-ethyl adjacent to an activating group) is 1. The number of nitrogens with two attached hydrogens (primary N) is 1. The molecule has 180 valence electrons. The maximum atomic E-state index is 11.4. The molecule has 1 amide bonds. The molecule has 0 radical (unpaired) electrons. The smallest absolute Gasteiger partial charge is 0.288 e. The standard InChI is InChI=1S/C28H31N5O2/c1-20-30-27(26(29)34)31-33(20)24-10-8-21(9-11-24)18-28(35-25-14-17-32(2)19-25)15-12-23(13-16-28)22-6-4-3-5-7-22/h3-13,15,25H,14,16-19H2,1-2H3,(H2,29,34)/t25?,28-/m1/s1. The van der Waals surface area contributed by atoms with Gasteiger partial charge in [-0.3, -0.25) is 4.79 Å². The molecule has 1 aliphatic heterocycles. The van der Waals surface area contributed by atoms with E-state index in [-0.39, 0.29) is 11.9 Å². The van der Waals surface area contributed by atoms with Crippen LogP contribution < -0.4 is 5.73 Å².